The fourth-order valence-electron chi connectivity index (χ4n) is 3.35. The standard InChI is InChI=1S/C19H22N6O2/c1-11-8-22-15(10-20-11)19(27)25-7-3-4-16(25)17-14(9-21-12(2)23-17)18(26)24-13-5-6-13/h8-10,13,16H,3-7H2,1-2H3,(H,24,26)/t16-/m1/s1. The molecule has 1 aliphatic heterocycles. The molecule has 1 saturated heterocycles. The highest BCUT2D eigenvalue weighted by atomic mass is 16.2. The second-order valence-corrected chi connectivity index (χ2v) is 7.16. The number of aryl methyl sites for hydroxylation is 2. The molecule has 0 unspecified atom stereocenters. The van der Waals surface area contributed by atoms with E-state index in [1.807, 2.05) is 6.92 Å². The number of aromatic nitrogens is 4. The van der Waals surface area contributed by atoms with Crippen LogP contribution < -0.4 is 5.32 Å². The molecule has 2 aromatic rings. The fraction of sp³-hybridized carbons (Fsp3) is 0.474. The van der Waals surface area contributed by atoms with Crippen LogP contribution in [-0.2, 0) is 0 Å². The van der Waals surface area contributed by atoms with Crippen molar-refractivity contribution in [3.8, 4) is 0 Å². The summed E-state index contributed by atoms with van der Waals surface area (Å²) in [7, 11) is 0. The van der Waals surface area contributed by atoms with E-state index in [0.717, 1.165) is 31.4 Å². The van der Waals surface area contributed by atoms with Gasteiger partial charge in [-0.3, -0.25) is 14.6 Å². The Kier molecular flexibility index (Phi) is 4.55. The molecule has 0 bridgehead atoms. The summed E-state index contributed by atoms with van der Waals surface area (Å²) in [6.07, 6.45) is 8.28. The van der Waals surface area contributed by atoms with Crippen molar-refractivity contribution in [3.63, 3.8) is 0 Å². The van der Waals surface area contributed by atoms with Gasteiger partial charge in [-0.05, 0) is 39.5 Å². The Morgan fingerprint density at radius 1 is 1.07 bits per heavy atom. The largest absolute Gasteiger partial charge is 0.349 e. The molecular formula is C19H22N6O2. The molecule has 0 aromatic carbocycles. The molecule has 8 nitrogen and oxygen atoms in total. The molecule has 140 valence electrons. The Bertz CT molecular complexity index is 878. The summed E-state index contributed by atoms with van der Waals surface area (Å²) in [4.78, 5) is 44.5. The fourth-order valence-corrected chi connectivity index (χ4v) is 3.35. The normalized spacial score (nSPS) is 19.2. The number of nitrogens with zero attached hydrogens (tertiary/aromatic N) is 5. The van der Waals surface area contributed by atoms with Crippen LogP contribution in [-0.4, -0.2) is 49.2 Å². The molecule has 4 rings (SSSR count). The van der Waals surface area contributed by atoms with Gasteiger partial charge in [-0.15, -0.1) is 0 Å². The zero-order valence-corrected chi connectivity index (χ0v) is 15.5. The van der Waals surface area contributed by atoms with Gasteiger partial charge in [-0.25, -0.2) is 15.0 Å². The number of nitrogens with one attached hydrogen (secondary N) is 1. The van der Waals surface area contributed by atoms with Crippen LogP contribution in [0.5, 0.6) is 0 Å². The third-order valence-electron chi connectivity index (χ3n) is 4.93. The first-order valence-corrected chi connectivity index (χ1v) is 9.27. The van der Waals surface area contributed by atoms with E-state index >= 15 is 0 Å². The van der Waals surface area contributed by atoms with E-state index in [4.69, 9.17) is 0 Å². The number of hydrogen-bond acceptors (Lipinski definition) is 6. The quantitative estimate of drug-likeness (QED) is 0.885. The highest BCUT2D eigenvalue weighted by Crippen LogP contribution is 2.34. The van der Waals surface area contributed by atoms with Gasteiger partial charge in [0, 0.05) is 25.0 Å². The average molecular weight is 366 g/mol. The molecule has 1 atom stereocenters. The molecule has 2 fully saturated rings. The van der Waals surface area contributed by atoms with E-state index in [1.165, 1.54) is 6.20 Å². The number of hydrogen-bond donors (Lipinski definition) is 1. The summed E-state index contributed by atoms with van der Waals surface area (Å²) in [6.45, 7) is 4.22. The number of rotatable bonds is 4. The van der Waals surface area contributed by atoms with E-state index in [0.29, 0.717) is 29.3 Å². The number of amides is 2. The predicted molar refractivity (Wildman–Crippen MR) is 97.0 cm³/mol. The van der Waals surface area contributed by atoms with Crippen LogP contribution in [0.15, 0.2) is 18.6 Å². The Morgan fingerprint density at radius 3 is 2.59 bits per heavy atom. The third kappa shape index (κ3) is 3.65. The van der Waals surface area contributed by atoms with Crippen LogP contribution >= 0.6 is 0 Å². The lowest BCUT2D eigenvalue weighted by molar-refractivity contribution is 0.0722. The highest BCUT2D eigenvalue weighted by Gasteiger charge is 2.36. The minimum absolute atomic E-state index is 0.165. The van der Waals surface area contributed by atoms with Crippen molar-refractivity contribution in [3.05, 3.63) is 47.1 Å². The van der Waals surface area contributed by atoms with E-state index in [9.17, 15) is 9.59 Å². The second-order valence-electron chi connectivity index (χ2n) is 7.16. The lowest BCUT2D eigenvalue weighted by Crippen LogP contribution is -2.34. The van der Waals surface area contributed by atoms with Gasteiger partial charge in [0.05, 0.1) is 29.2 Å². The lowest BCUT2D eigenvalue weighted by Gasteiger charge is -2.25. The lowest BCUT2D eigenvalue weighted by atomic mass is 10.0. The minimum Gasteiger partial charge on any atom is -0.349 e. The molecule has 0 radical (unpaired) electrons. The first kappa shape index (κ1) is 17.5. The summed E-state index contributed by atoms with van der Waals surface area (Å²) in [5.41, 5.74) is 2.14. The van der Waals surface area contributed by atoms with Gasteiger partial charge in [0.15, 0.2) is 0 Å². The van der Waals surface area contributed by atoms with Gasteiger partial charge in [0.1, 0.15) is 11.5 Å². The number of likely N-dealkylation sites (tertiary alicyclic amines) is 1. The van der Waals surface area contributed by atoms with Crippen molar-refractivity contribution in [2.45, 2.75) is 51.6 Å². The van der Waals surface area contributed by atoms with Crippen LogP contribution in [0.25, 0.3) is 0 Å². The third-order valence-corrected chi connectivity index (χ3v) is 4.93. The Balaban J connectivity index is 1.64. The molecule has 1 aliphatic carbocycles. The summed E-state index contributed by atoms with van der Waals surface area (Å²) < 4.78 is 0. The highest BCUT2D eigenvalue weighted by molar-refractivity contribution is 5.96. The maximum atomic E-state index is 13.0. The van der Waals surface area contributed by atoms with Crippen LogP contribution in [0.4, 0.5) is 0 Å². The summed E-state index contributed by atoms with van der Waals surface area (Å²) in [5, 5.41) is 2.99. The number of carbonyl (C=O) groups excluding carboxylic acids is 2. The number of carbonyl (C=O) groups is 2. The molecule has 2 amide bonds. The van der Waals surface area contributed by atoms with Crippen molar-refractivity contribution in [1.82, 2.24) is 30.2 Å². The maximum absolute atomic E-state index is 13.0. The van der Waals surface area contributed by atoms with Gasteiger partial charge in [-0.1, -0.05) is 0 Å². The van der Waals surface area contributed by atoms with Gasteiger partial charge in [0.25, 0.3) is 11.8 Å². The Labute approximate surface area is 157 Å². The van der Waals surface area contributed by atoms with Gasteiger partial charge in [-0.2, -0.15) is 0 Å². The van der Waals surface area contributed by atoms with Crippen molar-refractivity contribution in [2.75, 3.05) is 6.54 Å². The maximum Gasteiger partial charge on any atom is 0.274 e. The van der Waals surface area contributed by atoms with Gasteiger partial charge < -0.3 is 10.2 Å². The molecule has 2 aromatic heterocycles. The van der Waals surface area contributed by atoms with Crippen molar-refractivity contribution >= 4 is 11.8 Å². The summed E-state index contributed by atoms with van der Waals surface area (Å²) in [5.74, 6) is 0.235. The molecule has 1 N–H and O–H groups in total. The minimum atomic E-state index is -0.262. The first-order chi connectivity index (χ1) is 13.0. The molecular weight excluding hydrogens is 344 g/mol. The van der Waals surface area contributed by atoms with Crippen LogP contribution in [0.3, 0.4) is 0 Å². The Morgan fingerprint density at radius 2 is 1.89 bits per heavy atom. The summed E-state index contributed by atoms with van der Waals surface area (Å²) in [6, 6.07) is -0.0157. The van der Waals surface area contributed by atoms with Gasteiger partial charge >= 0.3 is 0 Å². The van der Waals surface area contributed by atoms with E-state index < -0.39 is 0 Å². The zero-order valence-electron chi connectivity index (χ0n) is 15.5. The van der Waals surface area contributed by atoms with Gasteiger partial charge in [0.2, 0.25) is 0 Å². The average Bonchev–Trinajstić information content (AvgIpc) is 3.33. The molecule has 8 heteroatoms. The zero-order chi connectivity index (χ0) is 19.0. The van der Waals surface area contributed by atoms with Crippen molar-refractivity contribution in [1.29, 1.82) is 0 Å². The first-order valence-electron chi connectivity index (χ1n) is 9.27. The van der Waals surface area contributed by atoms with Crippen molar-refractivity contribution < 1.29 is 9.59 Å². The Hall–Kier alpha value is -2.90. The molecule has 2 aliphatic rings. The monoisotopic (exact) mass is 366 g/mol. The predicted octanol–water partition coefficient (Wildman–Crippen LogP) is 1.75. The van der Waals surface area contributed by atoms with Crippen LogP contribution in [0.2, 0.25) is 0 Å². The molecule has 3 heterocycles. The van der Waals surface area contributed by atoms with Crippen LogP contribution in [0.1, 0.15) is 69.8 Å². The molecule has 1 saturated carbocycles. The molecule has 0 spiro atoms. The van der Waals surface area contributed by atoms with E-state index in [-0.39, 0.29) is 23.9 Å². The van der Waals surface area contributed by atoms with Crippen LogP contribution in [0, 0.1) is 13.8 Å². The van der Waals surface area contributed by atoms with E-state index in [1.54, 1.807) is 24.2 Å². The summed E-state index contributed by atoms with van der Waals surface area (Å²) >= 11 is 0. The second kappa shape index (κ2) is 7.02. The van der Waals surface area contributed by atoms with E-state index in [2.05, 4.69) is 25.3 Å². The smallest absolute Gasteiger partial charge is 0.274 e. The SMILES string of the molecule is Cc1cnc(C(=O)N2CCC[C@@H]2c2nc(C)ncc2C(=O)NC2CC2)cn1. The van der Waals surface area contributed by atoms with Crippen molar-refractivity contribution in [2.24, 2.45) is 0 Å². The topological polar surface area (TPSA) is 101 Å². The molecule has 27 heavy (non-hydrogen) atoms.